The minimum Gasteiger partial charge on any atom is -0.370 e. The van der Waals surface area contributed by atoms with Crippen molar-refractivity contribution in [3.05, 3.63) is 29.8 Å². The number of carbonyl (C=O) groups is 3. The maximum atomic E-state index is 12.5. The van der Waals surface area contributed by atoms with E-state index in [-0.39, 0.29) is 42.5 Å². The third-order valence-corrected chi connectivity index (χ3v) is 5.95. The Bertz CT molecular complexity index is 709. The van der Waals surface area contributed by atoms with Crippen LogP contribution in [-0.4, -0.2) is 48.8 Å². The van der Waals surface area contributed by atoms with E-state index in [2.05, 4.69) is 42.3 Å². The van der Waals surface area contributed by atoms with Gasteiger partial charge >= 0.3 is 0 Å². The van der Waals surface area contributed by atoms with Crippen molar-refractivity contribution in [2.24, 2.45) is 11.8 Å². The number of nitrogens with one attached hydrogen (secondary N) is 1. The maximum Gasteiger partial charge on any atom is 0.233 e. The van der Waals surface area contributed by atoms with Crippen LogP contribution < -0.4 is 10.2 Å². The lowest BCUT2D eigenvalue weighted by Crippen LogP contribution is -2.38. The fourth-order valence-electron chi connectivity index (χ4n) is 4.38. The van der Waals surface area contributed by atoms with E-state index in [1.165, 1.54) is 10.5 Å². The van der Waals surface area contributed by atoms with Crippen molar-refractivity contribution in [2.75, 3.05) is 31.1 Å². The SMILES string of the molecule is CCN(CCNC(=O)CCN1C(=O)[C@H]2CCCC[C@@H]2C1=O)c1cccc(C)c1. The molecule has 0 radical (unpaired) electrons. The molecule has 2 aliphatic rings. The zero-order valence-corrected chi connectivity index (χ0v) is 16.9. The number of amides is 3. The summed E-state index contributed by atoms with van der Waals surface area (Å²) in [7, 11) is 0. The van der Waals surface area contributed by atoms with Gasteiger partial charge in [-0.15, -0.1) is 0 Å². The van der Waals surface area contributed by atoms with Gasteiger partial charge in [0, 0.05) is 38.3 Å². The van der Waals surface area contributed by atoms with Gasteiger partial charge in [0.2, 0.25) is 17.7 Å². The summed E-state index contributed by atoms with van der Waals surface area (Å²) < 4.78 is 0. The summed E-state index contributed by atoms with van der Waals surface area (Å²) in [6.07, 6.45) is 3.83. The highest BCUT2D eigenvalue weighted by Gasteiger charge is 2.47. The van der Waals surface area contributed by atoms with Crippen LogP contribution >= 0.6 is 0 Å². The topological polar surface area (TPSA) is 69.7 Å². The van der Waals surface area contributed by atoms with Gasteiger partial charge in [-0.1, -0.05) is 25.0 Å². The van der Waals surface area contributed by atoms with Crippen LogP contribution in [0.3, 0.4) is 0 Å². The number of fused-ring (bicyclic) bond motifs is 1. The number of aryl methyl sites for hydroxylation is 1. The fourth-order valence-corrected chi connectivity index (χ4v) is 4.38. The molecule has 2 atom stereocenters. The summed E-state index contributed by atoms with van der Waals surface area (Å²) in [5.74, 6) is -0.539. The molecule has 3 amide bonds. The second kappa shape index (κ2) is 9.22. The van der Waals surface area contributed by atoms with Crippen molar-refractivity contribution >= 4 is 23.4 Å². The summed E-state index contributed by atoms with van der Waals surface area (Å²) in [5, 5.41) is 2.92. The first-order valence-corrected chi connectivity index (χ1v) is 10.4. The monoisotopic (exact) mass is 385 g/mol. The van der Waals surface area contributed by atoms with E-state index in [1.807, 2.05) is 6.07 Å². The average Bonchev–Trinajstić information content (AvgIpc) is 2.94. The van der Waals surface area contributed by atoms with E-state index in [0.29, 0.717) is 6.54 Å². The Morgan fingerprint density at radius 1 is 1.18 bits per heavy atom. The molecule has 0 spiro atoms. The molecule has 1 saturated heterocycles. The van der Waals surface area contributed by atoms with Gasteiger partial charge in [0.25, 0.3) is 0 Å². The van der Waals surface area contributed by atoms with Crippen molar-refractivity contribution in [3.8, 4) is 0 Å². The first-order chi connectivity index (χ1) is 13.5. The normalized spacial score (nSPS) is 21.6. The number of carbonyl (C=O) groups excluding carboxylic acids is 3. The summed E-state index contributed by atoms with van der Waals surface area (Å²) in [5.41, 5.74) is 2.35. The first kappa shape index (κ1) is 20.4. The molecule has 0 aromatic heterocycles. The van der Waals surface area contributed by atoms with Gasteiger partial charge < -0.3 is 10.2 Å². The van der Waals surface area contributed by atoms with Gasteiger partial charge in [-0.05, 0) is 44.4 Å². The van der Waals surface area contributed by atoms with Crippen molar-refractivity contribution in [1.29, 1.82) is 0 Å². The van der Waals surface area contributed by atoms with Crippen LogP contribution in [0.1, 0.15) is 44.6 Å². The van der Waals surface area contributed by atoms with Crippen LogP contribution in [-0.2, 0) is 14.4 Å². The zero-order valence-electron chi connectivity index (χ0n) is 16.9. The first-order valence-electron chi connectivity index (χ1n) is 10.4. The lowest BCUT2D eigenvalue weighted by Gasteiger charge is -2.23. The van der Waals surface area contributed by atoms with Gasteiger partial charge in [0.1, 0.15) is 0 Å². The molecule has 2 fully saturated rings. The highest BCUT2D eigenvalue weighted by atomic mass is 16.2. The Morgan fingerprint density at radius 2 is 1.86 bits per heavy atom. The molecule has 1 aliphatic heterocycles. The quantitative estimate of drug-likeness (QED) is 0.698. The van der Waals surface area contributed by atoms with Crippen LogP contribution in [0.4, 0.5) is 5.69 Å². The predicted molar refractivity (Wildman–Crippen MR) is 109 cm³/mol. The molecule has 0 unspecified atom stereocenters. The number of benzene rings is 1. The van der Waals surface area contributed by atoms with Gasteiger partial charge in [-0.2, -0.15) is 0 Å². The van der Waals surface area contributed by atoms with E-state index in [0.717, 1.165) is 44.5 Å². The molecular weight excluding hydrogens is 354 g/mol. The van der Waals surface area contributed by atoms with Gasteiger partial charge in [0.15, 0.2) is 0 Å². The molecule has 6 nitrogen and oxygen atoms in total. The van der Waals surface area contributed by atoms with Crippen molar-refractivity contribution in [3.63, 3.8) is 0 Å². The molecule has 0 bridgehead atoms. The van der Waals surface area contributed by atoms with Crippen LogP contribution in [0.2, 0.25) is 0 Å². The predicted octanol–water partition coefficient (Wildman–Crippen LogP) is 2.50. The Balaban J connectivity index is 1.43. The smallest absolute Gasteiger partial charge is 0.233 e. The van der Waals surface area contributed by atoms with Crippen LogP contribution in [0.25, 0.3) is 0 Å². The molecule has 1 saturated carbocycles. The largest absolute Gasteiger partial charge is 0.370 e. The number of hydrogen-bond acceptors (Lipinski definition) is 4. The molecule has 1 N–H and O–H groups in total. The zero-order chi connectivity index (χ0) is 20.1. The standard InChI is InChI=1S/C22H31N3O3/c1-3-24(17-8-6-7-16(2)15-17)14-12-23-20(26)11-13-25-21(27)18-9-4-5-10-19(18)22(25)28/h6-8,15,18-19H,3-5,9-14H2,1-2H3,(H,23,26)/t18-,19-/m0/s1. The van der Waals surface area contributed by atoms with E-state index >= 15 is 0 Å². The third-order valence-electron chi connectivity index (χ3n) is 5.95. The lowest BCUT2D eigenvalue weighted by molar-refractivity contribution is -0.140. The third kappa shape index (κ3) is 4.54. The number of likely N-dealkylation sites (tertiary alicyclic amines) is 1. The number of hydrogen-bond donors (Lipinski definition) is 1. The van der Waals surface area contributed by atoms with Gasteiger partial charge in [-0.3, -0.25) is 19.3 Å². The Kier molecular flexibility index (Phi) is 6.70. The van der Waals surface area contributed by atoms with E-state index in [1.54, 1.807) is 0 Å². The minimum atomic E-state index is -0.142. The minimum absolute atomic E-state index is 0.0703. The number of likely N-dealkylation sites (N-methyl/N-ethyl adjacent to an activating group) is 1. The number of imide groups is 1. The van der Waals surface area contributed by atoms with Crippen molar-refractivity contribution < 1.29 is 14.4 Å². The number of anilines is 1. The second-order valence-electron chi connectivity index (χ2n) is 7.84. The van der Waals surface area contributed by atoms with Crippen LogP contribution in [0, 0.1) is 18.8 Å². The average molecular weight is 386 g/mol. The summed E-state index contributed by atoms with van der Waals surface area (Å²) in [6, 6.07) is 8.31. The summed E-state index contributed by atoms with van der Waals surface area (Å²) in [4.78, 5) is 40.7. The molecule has 1 aromatic carbocycles. The molecule has 3 rings (SSSR count). The van der Waals surface area contributed by atoms with Gasteiger partial charge in [0.05, 0.1) is 11.8 Å². The maximum absolute atomic E-state index is 12.5. The molecule has 6 heteroatoms. The molecule has 1 heterocycles. The van der Waals surface area contributed by atoms with Crippen molar-refractivity contribution in [2.45, 2.75) is 46.0 Å². The second-order valence-corrected chi connectivity index (χ2v) is 7.84. The molecule has 1 aliphatic carbocycles. The van der Waals surface area contributed by atoms with Crippen molar-refractivity contribution in [1.82, 2.24) is 10.2 Å². The molecule has 152 valence electrons. The summed E-state index contributed by atoms with van der Waals surface area (Å²) >= 11 is 0. The van der Waals surface area contributed by atoms with Crippen LogP contribution in [0.5, 0.6) is 0 Å². The number of nitrogens with zero attached hydrogens (tertiary/aromatic N) is 2. The Labute approximate surface area is 167 Å². The van der Waals surface area contributed by atoms with E-state index in [4.69, 9.17) is 0 Å². The number of rotatable bonds is 8. The highest BCUT2D eigenvalue weighted by molar-refractivity contribution is 6.05. The van der Waals surface area contributed by atoms with Gasteiger partial charge in [-0.25, -0.2) is 0 Å². The highest BCUT2D eigenvalue weighted by Crippen LogP contribution is 2.37. The summed E-state index contributed by atoms with van der Waals surface area (Å²) in [6.45, 7) is 6.47. The van der Waals surface area contributed by atoms with E-state index < -0.39 is 0 Å². The Morgan fingerprint density at radius 3 is 2.46 bits per heavy atom. The lowest BCUT2D eigenvalue weighted by atomic mass is 9.81. The molecule has 1 aromatic rings. The van der Waals surface area contributed by atoms with E-state index in [9.17, 15) is 14.4 Å². The molecular formula is C22H31N3O3. The Hall–Kier alpha value is -2.37. The fraction of sp³-hybridized carbons (Fsp3) is 0.591. The molecule has 28 heavy (non-hydrogen) atoms. The van der Waals surface area contributed by atoms with Crippen LogP contribution in [0.15, 0.2) is 24.3 Å².